The van der Waals surface area contributed by atoms with Gasteiger partial charge in [-0.3, -0.25) is 14.8 Å². The van der Waals surface area contributed by atoms with Gasteiger partial charge in [0.2, 0.25) is 0 Å². The van der Waals surface area contributed by atoms with Crippen molar-refractivity contribution < 1.29 is 9.53 Å². The first-order valence-corrected chi connectivity index (χ1v) is 7.20. The Morgan fingerprint density at radius 2 is 2.24 bits per heavy atom. The highest BCUT2D eigenvalue weighted by atomic mass is 16.5. The maximum Gasteiger partial charge on any atom is 0.275 e. The lowest BCUT2D eigenvalue weighted by molar-refractivity contribution is 0.0646. The molecule has 0 aliphatic carbocycles. The third-order valence-corrected chi connectivity index (χ3v) is 4.75. The Morgan fingerprint density at radius 1 is 1.38 bits per heavy atom. The Bertz CT molecular complexity index is 709. The number of piperazine rings is 1. The number of rotatable bonds is 2. The van der Waals surface area contributed by atoms with Crippen molar-refractivity contribution in [2.24, 2.45) is 0 Å². The molecular formula is C15H18N4O2. The molecule has 0 unspecified atom stereocenters. The fraction of sp³-hybridized carbons (Fsp3) is 0.467. The summed E-state index contributed by atoms with van der Waals surface area (Å²) in [4.78, 5) is 17.1. The number of nitrogens with zero attached hydrogens (tertiary/aromatic N) is 3. The molecule has 1 aromatic heterocycles. The molecule has 0 radical (unpaired) electrons. The van der Waals surface area contributed by atoms with Crippen molar-refractivity contribution in [2.45, 2.75) is 18.5 Å². The van der Waals surface area contributed by atoms with Crippen LogP contribution in [0.25, 0.3) is 10.9 Å². The molecule has 6 nitrogen and oxygen atoms in total. The summed E-state index contributed by atoms with van der Waals surface area (Å²) in [5.74, 6) is 0.791. The van der Waals surface area contributed by atoms with Crippen molar-refractivity contribution in [1.29, 1.82) is 0 Å². The minimum Gasteiger partial charge on any atom is -0.497 e. The van der Waals surface area contributed by atoms with E-state index in [0.717, 1.165) is 36.2 Å². The lowest BCUT2D eigenvalue weighted by atomic mass is 10.1. The lowest BCUT2D eigenvalue weighted by Gasteiger charge is -2.31. The van der Waals surface area contributed by atoms with Crippen molar-refractivity contribution in [1.82, 2.24) is 20.0 Å². The molecule has 1 N–H and O–H groups in total. The highest BCUT2D eigenvalue weighted by Crippen LogP contribution is 2.31. The zero-order valence-corrected chi connectivity index (χ0v) is 12.2. The molecule has 2 fully saturated rings. The van der Waals surface area contributed by atoms with Crippen LogP contribution in [0.15, 0.2) is 18.2 Å². The van der Waals surface area contributed by atoms with Gasteiger partial charge in [0.15, 0.2) is 5.69 Å². The Morgan fingerprint density at radius 3 is 2.90 bits per heavy atom. The zero-order chi connectivity index (χ0) is 14.6. The van der Waals surface area contributed by atoms with Crippen LogP contribution in [0.3, 0.4) is 0 Å². The van der Waals surface area contributed by atoms with Crippen LogP contribution in [0, 0.1) is 0 Å². The predicted molar refractivity (Wildman–Crippen MR) is 78.5 cm³/mol. The Hall–Kier alpha value is -2.08. The maximum absolute atomic E-state index is 12.8. The summed E-state index contributed by atoms with van der Waals surface area (Å²) in [5, 5.41) is 8.02. The molecule has 1 aromatic carbocycles. The monoisotopic (exact) mass is 286 g/mol. The SMILES string of the molecule is COc1ccc2c(C(=O)N3C[C@@H]4C[C@H]3CN4C)n[nH]c2c1. The van der Waals surface area contributed by atoms with Crippen LogP contribution in [-0.4, -0.2) is 65.2 Å². The smallest absolute Gasteiger partial charge is 0.275 e. The number of amides is 1. The van der Waals surface area contributed by atoms with Gasteiger partial charge >= 0.3 is 0 Å². The van der Waals surface area contributed by atoms with Gasteiger partial charge in [0.25, 0.3) is 5.91 Å². The van der Waals surface area contributed by atoms with E-state index in [9.17, 15) is 4.79 Å². The standard InChI is InChI=1S/C15H18N4O2/c1-18-7-10-5-9(18)8-19(10)15(20)14-12-4-3-11(21-2)6-13(12)16-17-14/h3-4,6,9-10H,5,7-8H2,1-2H3,(H,16,17)/t9-,10-/m0/s1. The zero-order valence-electron chi connectivity index (χ0n) is 12.2. The number of fused-ring (bicyclic) bond motifs is 3. The van der Waals surface area contributed by atoms with Gasteiger partial charge in [-0.05, 0) is 25.6 Å². The molecule has 2 saturated heterocycles. The first-order chi connectivity index (χ1) is 10.2. The summed E-state index contributed by atoms with van der Waals surface area (Å²) in [6, 6.07) is 6.45. The van der Waals surface area contributed by atoms with E-state index in [1.165, 1.54) is 0 Å². The number of carbonyl (C=O) groups is 1. The van der Waals surface area contributed by atoms with Crippen LogP contribution in [0.2, 0.25) is 0 Å². The Kier molecular flexibility index (Phi) is 2.68. The van der Waals surface area contributed by atoms with E-state index in [1.807, 2.05) is 23.1 Å². The molecule has 4 rings (SSSR count). The third-order valence-electron chi connectivity index (χ3n) is 4.75. The molecule has 21 heavy (non-hydrogen) atoms. The molecule has 0 spiro atoms. The van der Waals surface area contributed by atoms with E-state index in [-0.39, 0.29) is 5.91 Å². The topological polar surface area (TPSA) is 61.5 Å². The highest BCUT2D eigenvalue weighted by molar-refractivity contribution is 6.05. The number of H-pyrrole nitrogens is 1. The second-order valence-electron chi connectivity index (χ2n) is 5.92. The van der Waals surface area contributed by atoms with Gasteiger partial charge in [-0.15, -0.1) is 0 Å². The van der Waals surface area contributed by atoms with Gasteiger partial charge in [0.1, 0.15) is 5.75 Å². The quantitative estimate of drug-likeness (QED) is 0.898. The second kappa shape index (κ2) is 4.46. The van der Waals surface area contributed by atoms with E-state index in [1.54, 1.807) is 7.11 Å². The van der Waals surface area contributed by atoms with Crippen LogP contribution in [0.5, 0.6) is 5.75 Å². The summed E-state index contributed by atoms with van der Waals surface area (Å²) in [6.45, 7) is 1.77. The molecule has 0 saturated carbocycles. The van der Waals surface area contributed by atoms with Crippen molar-refractivity contribution in [3.63, 3.8) is 0 Å². The van der Waals surface area contributed by atoms with E-state index in [0.29, 0.717) is 17.8 Å². The molecule has 110 valence electrons. The van der Waals surface area contributed by atoms with Crippen LogP contribution in [0.1, 0.15) is 16.9 Å². The molecule has 2 aliphatic heterocycles. The molecule has 2 bridgehead atoms. The summed E-state index contributed by atoms with van der Waals surface area (Å²) < 4.78 is 5.20. The molecule has 2 aromatic rings. The van der Waals surface area contributed by atoms with Crippen LogP contribution < -0.4 is 4.74 Å². The van der Waals surface area contributed by atoms with E-state index in [4.69, 9.17) is 4.74 Å². The van der Waals surface area contributed by atoms with Gasteiger partial charge in [-0.2, -0.15) is 5.10 Å². The molecule has 3 heterocycles. The van der Waals surface area contributed by atoms with Gasteiger partial charge in [0.05, 0.1) is 12.6 Å². The summed E-state index contributed by atoms with van der Waals surface area (Å²) in [6.07, 6.45) is 1.08. The predicted octanol–water partition coefficient (Wildman–Crippen LogP) is 1.10. The van der Waals surface area contributed by atoms with Gasteiger partial charge in [-0.1, -0.05) is 0 Å². The number of likely N-dealkylation sites (N-methyl/N-ethyl adjacent to an activating group) is 1. The van der Waals surface area contributed by atoms with Crippen molar-refractivity contribution in [3.05, 3.63) is 23.9 Å². The molecule has 6 heteroatoms. The average Bonchev–Trinajstić information content (AvgIpc) is 3.18. The number of benzene rings is 1. The van der Waals surface area contributed by atoms with Crippen molar-refractivity contribution in [2.75, 3.05) is 27.2 Å². The highest BCUT2D eigenvalue weighted by Gasteiger charge is 2.44. The number of likely N-dealkylation sites (tertiary alicyclic amines) is 2. The van der Waals surface area contributed by atoms with Gasteiger partial charge in [-0.25, -0.2) is 0 Å². The molecule has 1 amide bonds. The van der Waals surface area contributed by atoms with Crippen LogP contribution >= 0.6 is 0 Å². The number of methoxy groups -OCH3 is 1. The molecular weight excluding hydrogens is 268 g/mol. The molecule has 2 atom stereocenters. The Labute approximate surface area is 122 Å². The van der Waals surface area contributed by atoms with E-state index >= 15 is 0 Å². The minimum atomic E-state index is 0.0343. The fourth-order valence-corrected chi connectivity index (χ4v) is 3.54. The van der Waals surface area contributed by atoms with Gasteiger partial charge in [0, 0.05) is 36.6 Å². The number of aromatic amines is 1. The number of carbonyl (C=O) groups excluding carboxylic acids is 1. The van der Waals surface area contributed by atoms with Crippen molar-refractivity contribution in [3.8, 4) is 5.75 Å². The number of hydrogen-bond acceptors (Lipinski definition) is 4. The Balaban J connectivity index is 1.66. The minimum absolute atomic E-state index is 0.0343. The first-order valence-electron chi connectivity index (χ1n) is 7.20. The largest absolute Gasteiger partial charge is 0.497 e. The van der Waals surface area contributed by atoms with E-state index < -0.39 is 0 Å². The first kappa shape index (κ1) is 12.6. The van der Waals surface area contributed by atoms with E-state index in [2.05, 4.69) is 22.1 Å². The van der Waals surface area contributed by atoms with Crippen LogP contribution in [0.4, 0.5) is 0 Å². The summed E-state index contributed by atoms with van der Waals surface area (Å²) in [5.41, 5.74) is 1.35. The molecule has 2 aliphatic rings. The maximum atomic E-state index is 12.8. The number of ether oxygens (including phenoxy) is 1. The summed E-state index contributed by atoms with van der Waals surface area (Å²) >= 11 is 0. The fourth-order valence-electron chi connectivity index (χ4n) is 3.54. The summed E-state index contributed by atoms with van der Waals surface area (Å²) in [7, 11) is 3.75. The lowest BCUT2D eigenvalue weighted by Crippen LogP contribution is -2.47. The number of nitrogens with one attached hydrogen (secondary N) is 1. The average molecular weight is 286 g/mol. The second-order valence-corrected chi connectivity index (χ2v) is 5.92. The van der Waals surface area contributed by atoms with Crippen molar-refractivity contribution >= 4 is 16.8 Å². The normalized spacial score (nSPS) is 25.0. The third kappa shape index (κ3) is 1.82. The van der Waals surface area contributed by atoms with Gasteiger partial charge < -0.3 is 9.64 Å². The number of aromatic nitrogens is 2. The number of hydrogen-bond donors (Lipinski definition) is 1. The van der Waals surface area contributed by atoms with Crippen LogP contribution in [-0.2, 0) is 0 Å².